The number of hydrazone groups is 1. The van der Waals surface area contributed by atoms with Crippen LogP contribution in [0, 0.1) is 6.92 Å². The number of nitrogens with zero attached hydrogens (tertiary/aromatic N) is 2. The molecule has 0 bridgehead atoms. The van der Waals surface area contributed by atoms with Gasteiger partial charge in [0.1, 0.15) is 0 Å². The van der Waals surface area contributed by atoms with Crippen molar-refractivity contribution in [3.05, 3.63) is 64.0 Å². The van der Waals surface area contributed by atoms with Crippen LogP contribution in [0.5, 0.6) is 0 Å². The van der Waals surface area contributed by atoms with Crippen LogP contribution in [0.3, 0.4) is 0 Å². The fraction of sp³-hybridized carbons (Fsp3) is 0.158. The third kappa shape index (κ3) is 4.12. The van der Waals surface area contributed by atoms with Gasteiger partial charge in [-0.1, -0.05) is 24.3 Å². The first-order valence-electron chi connectivity index (χ1n) is 8.03. The number of pyridine rings is 1. The van der Waals surface area contributed by atoms with Crippen LogP contribution in [0.1, 0.15) is 33.8 Å². The number of hydrogen-bond donors (Lipinski definition) is 2. The summed E-state index contributed by atoms with van der Waals surface area (Å²) in [5.41, 5.74) is 5.08. The number of nitrogens with one attached hydrogen (secondary N) is 1. The van der Waals surface area contributed by atoms with Crippen molar-refractivity contribution in [2.45, 2.75) is 19.8 Å². The summed E-state index contributed by atoms with van der Waals surface area (Å²) in [5.74, 6) is -1.26. The second kappa shape index (κ2) is 7.88. The number of hydrogen-bond acceptors (Lipinski definition) is 5. The van der Waals surface area contributed by atoms with Gasteiger partial charge in [-0.2, -0.15) is 5.10 Å². The van der Waals surface area contributed by atoms with E-state index in [2.05, 4.69) is 15.5 Å². The third-order valence-corrected chi connectivity index (χ3v) is 4.68. The van der Waals surface area contributed by atoms with Gasteiger partial charge in [-0.15, -0.1) is 11.3 Å². The highest BCUT2D eigenvalue weighted by atomic mass is 32.1. The normalized spacial score (nSPS) is 11.5. The summed E-state index contributed by atoms with van der Waals surface area (Å²) in [6, 6.07) is 12.8. The number of aromatic nitrogens is 1. The zero-order valence-corrected chi connectivity index (χ0v) is 14.9. The van der Waals surface area contributed by atoms with Crippen molar-refractivity contribution in [2.75, 3.05) is 0 Å². The number of amides is 1. The first kappa shape index (κ1) is 17.8. The molecule has 7 heteroatoms. The predicted octanol–water partition coefficient (Wildman–Crippen LogP) is 3.60. The van der Waals surface area contributed by atoms with Gasteiger partial charge in [0, 0.05) is 17.5 Å². The summed E-state index contributed by atoms with van der Waals surface area (Å²) < 4.78 is 0. The van der Waals surface area contributed by atoms with E-state index in [0.717, 1.165) is 21.5 Å². The molecule has 1 amide bonds. The van der Waals surface area contributed by atoms with Gasteiger partial charge in [0.2, 0.25) is 0 Å². The number of carboxylic acids is 1. The number of fused-ring (bicyclic) bond motifs is 1. The number of carbonyl (C=O) groups excluding carboxylic acids is 1. The summed E-state index contributed by atoms with van der Waals surface area (Å²) in [5, 5.41) is 15.7. The molecule has 0 aliphatic carbocycles. The highest BCUT2D eigenvalue weighted by molar-refractivity contribution is 7.12. The molecular formula is C19H17N3O3S. The molecule has 2 N–H and O–H groups in total. The van der Waals surface area contributed by atoms with E-state index >= 15 is 0 Å². The monoisotopic (exact) mass is 367 g/mol. The van der Waals surface area contributed by atoms with E-state index in [1.165, 1.54) is 11.3 Å². The smallest absolute Gasteiger partial charge is 0.303 e. The number of carbonyl (C=O) groups is 2. The fourth-order valence-electron chi connectivity index (χ4n) is 2.58. The van der Waals surface area contributed by atoms with E-state index in [1.54, 1.807) is 6.07 Å². The number of carboxylic acid groups (broad SMARTS) is 1. The molecule has 0 fully saturated rings. The summed E-state index contributed by atoms with van der Waals surface area (Å²) in [7, 11) is 0. The van der Waals surface area contributed by atoms with Crippen LogP contribution in [0.15, 0.2) is 52.9 Å². The van der Waals surface area contributed by atoms with E-state index in [4.69, 9.17) is 5.11 Å². The molecule has 1 aromatic carbocycles. The van der Waals surface area contributed by atoms with E-state index in [0.29, 0.717) is 11.3 Å². The Morgan fingerprint density at radius 1 is 1.19 bits per heavy atom. The zero-order chi connectivity index (χ0) is 18.5. The Hall–Kier alpha value is -3.06. The lowest BCUT2D eigenvalue weighted by Crippen LogP contribution is -2.21. The van der Waals surface area contributed by atoms with Crippen LogP contribution in [-0.2, 0) is 4.79 Å². The van der Waals surface area contributed by atoms with E-state index in [9.17, 15) is 9.59 Å². The van der Waals surface area contributed by atoms with E-state index < -0.39 is 5.97 Å². The second-order valence-corrected chi connectivity index (χ2v) is 6.65. The lowest BCUT2D eigenvalue weighted by Gasteiger charge is -2.08. The van der Waals surface area contributed by atoms with Crippen molar-refractivity contribution in [3.8, 4) is 0 Å². The molecule has 0 aliphatic rings. The standard InChI is InChI=1S/C19H17N3O3S/c1-12-11-14(13-5-2-3-6-15(13)20-12)19(25)22-21-16(8-9-18(23)24)17-7-4-10-26-17/h2-7,10-11H,8-9H2,1H3,(H,22,25)(H,23,24)/b21-16-. The molecule has 3 aromatic rings. The van der Waals surface area contributed by atoms with Crippen LogP contribution >= 0.6 is 11.3 Å². The van der Waals surface area contributed by atoms with Gasteiger partial charge in [-0.05, 0) is 30.5 Å². The number of para-hydroxylation sites is 1. The van der Waals surface area contributed by atoms with Crippen molar-refractivity contribution in [1.29, 1.82) is 0 Å². The third-order valence-electron chi connectivity index (χ3n) is 3.76. The lowest BCUT2D eigenvalue weighted by atomic mass is 10.1. The van der Waals surface area contributed by atoms with Crippen LogP contribution in [0.2, 0.25) is 0 Å². The zero-order valence-electron chi connectivity index (χ0n) is 14.1. The van der Waals surface area contributed by atoms with Crippen molar-refractivity contribution in [1.82, 2.24) is 10.4 Å². The first-order valence-corrected chi connectivity index (χ1v) is 8.91. The quantitative estimate of drug-likeness (QED) is 0.514. The maximum Gasteiger partial charge on any atom is 0.303 e. The summed E-state index contributed by atoms with van der Waals surface area (Å²) in [6.45, 7) is 1.83. The Balaban J connectivity index is 1.88. The van der Waals surface area contributed by atoms with Crippen LogP contribution in [-0.4, -0.2) is 27.7 Å². The fourth-order valence-corrected chi connectivity index (χ4v) is 3.32. The molecule has 132 valence electrons. The average Bonchev–Trinajstić information content (AvgIpc) is 3.15. The van der Waals surface area contributed by atoms with E-state index in [1.807, 2.05) is 48.7 Å². The lowest BCUT2D eigenvalue weighted by molar-refractivity contribution is -0.136. The minimum atomic E-state index is -0.906. The Bertz CT molecular complexity index is 981. The molecule has 0 atom stereocenters. The Morgan fingerprint density at radius 2 is 2.00 bits per heavy atom. The van der Waals surface area contributed by atoms with Crippen molar-refractivity contribution < 1.29 is 14.7 Å². The van der Waals surface area contributed by atoms with Gasteiger partial charge in [-0.25, -0.2) is 5.43 Å². The molecule has 0 radical (unpaired) electrons. The van der Waals surface area contributed by atoms with Gasteiger partial charge in [-0.3, -0.25) is 14.6 Å². The molecule has 26 heavy (non-hydrogen) atoms. The highest BCUT2D eigenvalue weighted by Crippen LogP contribution is 2.18. The first-order chi connectivity index (χ1) is 12.5. The maximum absolute atomic E-state index is 12.7. The molecule has 0 saturated carbocycles. The predicted molar refractivity (Wildman–Crippen MR) is 102 cm³/mol. The number of aliphatic carboxylic acids is 1. The SMILES string of the molecule is Cc1cc(C(=O)N/N=C(/CCC(=O)O)c2cccs2)c2ccccc2n1. The van der Waals surface area contributed by atoms with Crippen molar-refractivity contribution in [3.63, 3.8) is 0 Å². The summed E-state index contributed by atoms with van der Waals surface area (Å²) in [4.78, 5) is 28.8. The largest absolute Gasteiger partial charge is 0.481 e. The van der Waals surface area contributed by atoms with Crippen LogP contribution in [0.25, 0.3) is 10.9 Å². The number of rotatable bonds is 6. The molecule has 2 aromatic heterocycles. The summed E-state index contributed by atoms with van der Waals surface area (Å²) in [6.07, 6.45) is 0.191. The molecule has 0 saturated heterocycles. The molecule has 0 aliphatic heterocycles. The van der Waals surface area contributed by atoms with Gasteiger partial charge < -0.3 is 5.11 Å². The van der Waals surface area contributed by atoms with Gasteiger partial charge in [0.25, 0.3) is 5.91 Å². The Morgan fingerprint density at radius 3 is 2.73 bits per heavy atom. The molecule has 0 unspecified atom stereocenters. The van der Waals surface area contributed by atoms with Crippen LogP contribution in [0.4, 0.5) is 0 Å². The molecule has 0 spiro atoms. The Labute approximate surface area is 154 Å². The van der Waals surface area contributed by atoms with Gasteiger partial charge in [0.15, 0.2) is 0 Å². The van der Waals surface area contributed by atoms with Crippen molar-refractivity contribution >= 4 is 39.8 Å². The molecule has 3 rings (SSSR count). The van der Waals surface area contributed by atoms with Crippen molar-refractivity contribution in [2.24, 2.45) is 5.10 Å². The number of benzene rings is 1. The number of thiophene rings is 1. The molecule has 2 heterocycles. The topological polar surface area (TPSA) is 91.7 Å². The average molecular weight is 367 g/mol. The molecular weight excluding hydrogens is 350 g/mol. The minimum Gasteiger partial charge on any atom is -0.481 e. The van der Waals surface area contributed by atoms with Gasteiger partial charge in [0.05, 0.1) is 28.1 Å². The van der Waals surface area contributed by atoms with Gasteiger partial charge >= 0.3 is 5.97 Å². The second-order valence-electron chi connectivity index (χ2n) is 5.70. The minimum absolute atomic E-state index is 0.0517. The summed E-state index contributed by atoms with van der Waals surface area (Å²) >= 11 is 1.45. The maximum atomic E-state index is 12.7. The molecule has 6 nitrogen and oxygen atoms in total. The highest BCUT2D eigenvalue weighted by Gasteiger charge is 2.13. The number of aryl methyl sites for hydroxylation is 1. The Kier molecular flexibility index (Phi) is 5.38. The van der Waals surface area contributed by atoms with Crippen LogP contribution < -0.4 is 5.43 Å². The van der Waals surface area contributed by atoms with E-state index in [-0.39, 0.29) is 18.7 Å².